The molecular formula is C18H17ClN2O4. The molecule has 25 heavy (non-hydrogen) atoms. The molecule has 0 bridgehead atoms. The highest BCUT2D eigenvalue weighted by molar-refractivity contribution is 6.31. The molecule has 1 N–H and O–H groups in total. The van der Waals surface area contributed by atoms with Gasteiger partial charge in [0.15, 0.2) is 11.2 Å². The summed E-state index contributed by atoms with van der Waals surface area (Å²) in [5.41, 5.74) is 0.00124. The summed E-state index contributed by atoms with van der Waals surface area (Å²) in [7, 11) is 3.78. The molecule has 2 heterocycles. The Hall–Kier alpha value is -2.57. The first-order valence-corrected chi connectivity index (χ1v) is 8.05. The van der Waals surface area contributed by atoms with E-state index in [-0.39, 0.29) is 17.2 Å². The van der Waals surface area contributed by atoms with Crippen molar-refractivity contribution >= 4 is 28.5 Å². The number of likely N-dealkylation sites (N-methyl/N-ethyl adjacent to an activating group) is 1. The third kappa shape index (κ3) is 3.75. The van der Waals surface area contributed by atoms with Crippen LogP contribution in [0.2, 0.25) is 5.02 Å². The van der Waals surface area contributed by atoms with Gasteiger partial charge in [-0.1, -0.05) is 11.6 Å². The van der Waals surface area contributed by atoms with E-state index in [2.05, 4.69) is 5.32 Å². The summed E-state index contributed by atoms with van der Waals surface area (Å²) in [6.45, 7) is 0.307. The average molecular weight is 361 g/mol. The molecule has 2 aromatic heterocycles. The van der Waals surface area contributed by atoms with Gasteiger partial charge in [0.1, 0.15) is 11.3 Å². The molecule has 1 amide bonds. The van der Waals surface area contributed by atoms with Crippen LogP contribution in [0.1, 0.15) is 22.4 Å². The predicted octanol–water partition coefficient (Wildman–Crippen LogP) is 3.07. The maximum absolute atomic E-state index is 12.4. The minimum Gasteiger partial charge on any atom is -0.468 e. The van der Waals surface area contributed by atoms with Crippen molar-refractivity contribution in [2.45, 2.75) is 6.04 Å². The molecule has 0 saturated carbocycles. The van der Waals surface area contributed by atoms with Gasteiger partial charge >= 0.3 is 0 Å². The summed E-state index contributed by atoms with van der Waals surface area (Å²) in [4.78, 5) is 26.5. The zero-order valence-corrected chi connectivity index (χ0v) is 14.5. The molecular weight excluding hydrogens is 344 g/mol. The van der Waals surface area contributed by atoms with Crippen LogP contribution in [-0.4, -0.2) is 31.4 Å². The molecule has 0 aliphatic carbocycles. The molecule has 0 aliphatic rings. The number of benzene rings is 1. The first kappa shape index (κ1) is 17.3. The van der Waals surface area contributed by atoms with Crippen molar-refractivity contribution in [1.29, 1.82) is 0 Å². The Bertz CT molecular complexity index is 947. The number of nitrogens with zero attached hydrogens (tertiary/aromatic N) is 1. The van der Waals surface area contributed by atoms with E-state index in [0.29, 0.717) is 22.5 Å². The second kappa shape index (κ2) is 7.13. The largest absolute Gasteiger partial charge is 0.468 e. The summed E-state index contributed by atoms with van der Waals surface area (Å²) >= 11 is 5.88. The fourth-order valence-electron chi connectivity index (χ4n) is 2.54. The first-order valence-electron chi connectivity index (χ1n) is 7.67. The van der Waals surface area contributed by atoms with Crippen LogP contribution in [0.25, 0.3) is 11.0 Å². The summed E-state index contributed by atoms with van der Waals surface area (Å²) in [6, 6.07) is 9.37. The van der Waals surface area contributed by atoms with Crippen molar-refractivity contribution in [2.24, 2.45) is 0 Å². The number of hydrogen-bond donors (Lipinski definition) is 1. The van der Waals surface area contributed by atoms with E-state index in [0.717, 1.165) is 5.76 Å². The highest BCUT2D eigenvalue weighted by Crippen LogP contribution is 2.19. The van der Waals surface area contributed by atoms with Gasteiger partial charge in [0, 0.05) is 17.6 Å². The Morgan fingerprint density at radius 1 is 1.28 bits per heavy atom. The summed E-state index contributed by atoms with van der Waals surface area (Å²) in [5, 5.41) is 3.55. The van der Waals surface area contributed by atoms with Crippen LogP contribution in [0.15, 0.2) is 56.3 Å². The minimum atomic E-state index is -0.465. The van der Waals surface area contributed by atoms with Crippen LogP contribution in [0, 0.1) is 0 Å². The van der Waals surface area contributed by atoms with Crippen LogP contribution in [0.4, 0.5) is 0 Å². The highest BCUT2D eigenvalue weighted by atomic mass is 35.5. The van der Waals surface area contributed by atoms with Crippen molar-refractivity contribution in [1.82, 2.24) is 10.2 Å². The van der Waals surface area contributed by atoms with Crippen molar-refractivity contribution in [3.05, 3.63) is 69.4 Å². The summed E-state index contributed by atoms with van der Waals surface area (Å²) in [5.74, 6) is 0.226. The molecule has 0 aliphatic heterocycles. The van der Waals surface area contributed by atoms with Gasteiger partial charge in [0.25, 0.3) is 5.91 Å². The van der Waals surface area contributed by atoms with E-state index < -0.39 is 5.91 Å². The Morgan fingerprint density at radius 2 is 2.08 bits per heavy atom. The molecule has 0 unspecified atom stereocenters. The SMILES string of the molecule is CN(C)[C@@H](CNC(=O)c1cc(=O)c2cc(Cl)ccc2o1)c1ccco1. The second-order valence-corrected chi connectivity index (χ2v) is 6.26. The molecule has 1 aromatic carbocycles. The van der Waals surface area contributed by atoms with Crippen molar-refractivity contribution < 1.29 is 13.6 Å². The monoisotopic (exact) mass is 360 g/mol. The number of fused-ring (bicyclic) bond motifs is 1. The molecule has 0 fully saturated rings. The topological polar surface area (TPSA) is 75.7 Å². The lowest BCUT2D eigenvalue weighted by atomic mass is 10.2. The second-order valence-electron chi connectivity index (χ2n) is 5.82. The Labute approximate surface area is 149 Å². The van der Waals surface area contributed by atoms with Gasteiger partial charge in [-0.25, -0.2) is 0 Å². The number of hydrogen-bond acceptors (Lipinski definition) is 5. The number of furan rings is 1. The first-order chi connectivity index (χ1) is 12.0. The van der Waals surface area contributed by atoms with Crippen LogP contribution in [-0.2, 0) is 0 Å². The Balaban J connectivity index is 1.80. The lowest BCUT2D eigenvalue weighted by Gasteiger charge is -2.22. The lowest BCUT2D eigenvalue weighted by Crippen LogP contribution is -2.34. The third-order valence-electron chi connectivity index (χ3n) is 3.86. The van der Waals surface area contributed by atoms with Gasteiger partial charge in [0.05, 0.1) is 17.7 Å². The molecule has 1 atom stereocenters. The number of halogens is 1. The number of amides is 1. The fraction of sp³-hybridized carbons (Fsp3) is 0.222. The van der Waals surface area contributed by atoms with Crippen LogP contribution >= 0.6 is 11.6 Å². The van der Waals surface area contributed by atoms with Crippen LogP contribution < -0.4 is 10.7 Å². The maximum Gasteiger partial charge on any atom is 0.287 e. The quantitative estimate of drug-likeness (QED) is 0.756. The van der Waals surface area contributed by atoms with E-state index in [1.54, 1.807) is 24.5 Å². The maximum atomic E-state index is 12.4. The van der Waals surface area contributed by atoms with E-state index in [9.17, 15) is 9.59 Å². The van der Waals surface area contributed by atoms with Gasteiger partial charge in [0.2, 0.25) is 0 Å². The van der Waals surface area contributed by atoms with Gasteiger partial charge in [-0.05, 0) is 44.4 Å². The third-order valence-corrected chi connectivity index (χ3v) is 4.10. The number of nitrogens with one attached hydrogen (secondary N) is 1. The van der Waals surface area contributed by atoms with Crippen LogP contribution in [0.3, 0.4) is 0 Å². The van der Waals surface area contributed by atoms with E-state index >= 15 is 0 Å². The van der Waals surface area contributed by atoms with Gasteiger partial charge in [-0.3, -0.25) is 14.5 Å². The summed E-state index contributed by atoms with van der Waals surface area (Å²) in [6.07, 6.45) is 1.58. The van der Waals surface area contributed by atoms with Gasteiger partial charge < -0.3 is 14.2 Å². The van der Waals surface area contributed by atoms with Gasteiger partial charge in [-0.15, -0.1) is 0 Å². The zero-order chi connectivity index (χ0) is 18.0. The number of carbonyl (C=O) groups excluding carboxylic acids is 1. The number of rotatable bonds is 5. The zero-order valence-electron chi connectivity index (χ0n) is 13.8. The molecule has 0 spiro atoms. The molecule has 3 rings (SSSR count). The van der Waals surface area contributed by atoms with Crippen molar-refractivity contribution in [3.63, 3.8) is 0 Å². The van der Waals surface area contributed by atoms with E-state index in [4.69, 9.17) is 20.4 Å². The smallest absolute Gasteiger partial charge is 0.287 e. The molecule has 6 nitrogen and oxygen atoms in total. The van der Waals surface area contributed by atoms with E-state index in [1.807, 2.05) is 25.1 Å². The molecule has 3 aromatic rings. The molecule has 0 radical (unpaired) electrons. The Morgan fingerprint density at radius 3 is 2.76 bits per heavy atom. The molecule has 7 heteroatoms. The van der Waals surface area contributed by atoms with Crippen LogP contribution in [0.5, 0.6) is 0 Å². The fourth-order valence-corrected chi connectivity index (χ4v) is 2.71. The Kier molecular flexibility index (Phi) is 4.92. The highest BCUT2D eigenvalue weighted by Gasteiger charge is 2.19. The van der Waals surface area contributed by atoms with E-state index in [1.165, 1.54) is 12.1 Å². The average Bonchev–Trinajstić information content (AvgIpc) is 3.09. The van der Waals surface area contributed by atoms with Crippen molar-refractivity contribution in [2.75, 3.05) is 20.6 Å². The molecule has 0 saturated heterocycles. The lowest BCUT2D eigenvalue weighted by molar-refractivity contribution is 0.0912. The van der Waals surface area contributed by atoms with Gasteiger partial charge in [-0.2, -0.15) is 0 Å². The van der Waals surface area contributed by atoms with Crippen molar-refractivity contribution in [3.8, 4) is 0 Å². The minimum absolute atomic E-state index is 0.0447. The molecule has 130 valence electrons. The standard InChI is InChI=1S/C18H17ClN2O4/c1-21(2)13(16-4-3-7-24-16)10-20-18(23)17-9-14(22)12-8-11(19)5-6-15(12)25-17/h3-9,13H,10H2,1-2H3,(H,20,23)/t13-/m0/s1. The summed E-state index contributed by atoms with van der Waals surface area (Å²) < 4.78 is 10.9. The number of carbonyl (C=O) groups is 1. The predicted molar refractivity (Wildman–Crippen MR) is 95.0 cm³/mol. The normalized spacial score (nSPS) is 12.5.